The zero-order valence-electron chi connectivity index (χ0n) is 28.1. The number of fused-ring (bicyclic) bond motifs is 1. The molecule has 2 aromatic carbocycles. The zero-order chi connectivity index (χ0) is 37.1. The second kappa shape index (κ2) is 15.0. The Morgan fingerprint density at radius 3 is 2.45 bits per heavy atom. The first kappa shape index (κ1) is 37.7. The molecular formula is C34H38F5N6O5P. The van der Waals surface area contributed by atoms with Crippen LogP contribution in [0.3, 0.4) is 0 Å². The number of nitrogens with one attached hydrogen (secondary N) is 3. The van der Waals surface area contributed by atoms with Crippen LogP contribution in [0.15, 0.2) is 54.9 Å². The molecule has 1 saturated carbocycles. The third kappa shape index (κ3) is 9.22. The minimum atomic E-state index is -4.83. The van der Waals surface area contributed by atoms with Gasteiger partial charge in [0.25, 0.3) is 5.92 Å². The normalized spacial score (nSPS) is 16.7. The third-order valence-corrected chi connectivity index (χ3v) is 10.2. The first-order chi connectivity index (χ1) is 23.9. The molecule has 1 aliphatic rings. The van der Waals surface area contributed by atoms with Gasteiger partial charge in [0.15, 0.2) is 0 Å². The highest BCUT2D eigenvalue weighted by atomic mass is 31.2. The van der Waals surface area contributed by atoms with Crippen LogP contribution < -0.4 is 15.9 Å². The Kier molecular flexibility index (Phi) is 11.1. The van der Waals surface area contributed by atoms with E-state index in [0.717, 1.165) is 10.5 Å². The van der Waals surface area contributed by atoms with Gasteiger partial charge in [-0.15, -0.1) is 0 Å². The van der Waals surface area contributed by atoms with Gasteiger partial charge >= 0.3 is 18.2 Å². The first-order valence-electron chi connectivity index (χ1n) is 16.1. The number of rotatable bonds is 13. The van der Waals surface area contributed by atoms with Gasteiger partial charge in [0, 0.05) is 60.7 Å². The Bertz CT molecular complexity index is 1930. The smallest absolute Gasteiger partial charge is 0.419 e. The summed E-state index contributed by atoms with van der Waals surface area (Å²) in [6, 6.07) is 11.0. The maximum absolute atomic E-state index is 14.7. The van der Waals surface area contributed by atoms with Crippen molar-refractivity contribution >= 4 is 41.4 Å². The number of aromatic carboxylic acids is 1. The summed E-state index contributed by atoms with van der Waals surface area (Å²) in [5, 5.41) is 16.1. The fraction of sp³-hybridized carbons (Fsp3) is 0.412. The minimum absolute atomic E-state index is 0.00957. The molecule has 0 aliphatic heterocycles. The molecule has 1 aliphatic carbocycles. The molecule has 0 spiro atoms. The number of hydrogen-bond acceptors (Lipinski definition) is 8. The van der Waals surface area contributed by atoms with Gasteiger partial charge in [-0.2, -0.15) is 13.2 Å². The molecule has 0 unspecified atom stereocenters. The summed E-state index contributed by atoms with van der Waals surface area (Å²) in [5.74, 6) is -4.58. The lowest BCUT2D eigenvalue weighted by Gasteiger charge is -2.24. The molecule has 51 heavy (non-hydrogen) atoms. The first-order valence-corrected chi connectivity index (χ1v) is 18.7. The summed E-state index contributed by atoms with van der Waals surface area (Å²) < 4.78 is 90.1. The van der Waals surface area contributed by atoms with E-state index in [4.69, 9.17) is 4.74 Å². The van der Waals surface area contributed by atoms with E-state index in [1.807, 2.05) is 6.07 Å². The second-order valence-electron chi connectivity index (χ2n) is 13.0. The molecular weight excluding hydrogens is 698 g/mol. The van der Waals surface area contributed by atoms with E-state index in [2.05, 4.69) is 25.6 Å². The lowest BCUT2D eigenvalue weighted by Crippen LogP contribution is -2.41. The van der Waals surface area contributed by atoms with Crippen LogP contribution in [0.2, 0.25) is 0 Å². The van der Waals surface area contributed by atoms with E-state index < -0.39 is 55.5 Å². The summed E-state index contributed by atoms with van der Waals surface area (Å²) in [5.41, 5.74) is -0.884. The summed E-state index contributed by atoms with van der Waals surface area (Å²) >= 11 is 0. The number of aromatic amines is 1. The molecule has 11 nitrogen and oxygen atoms in total. The quantitative estimate of drug-likeness (QED) is 0.0859. The number of carboxylic acid groups (broad SMARTS) is 1. The number of amides is 1. The molecule has 0 saturated heterocycles. The summed E-state index contributed by atoms with van der Waals surface area (Å²) in [6.07, 6.45) is -2.64. The summed E-state index contributed by atoms with van der Waals surface area (Å²) in [7, 11) is -1.96. The average molecular weight is 737 g/mol. The van der Waals surface area contributed by atoms with Gasteiger partial charge in [-0.3, -0.25) is 0 Å². The van der Waals surface area contributed by atoms with E-state index in [1.54, 1.807) is 24.3 Å². The van der Waals surface area contributed by atoms with Crippen molar-refractivity contribution in [1.29, 1.82) is 0 Å². The van der Waals surface area contributed by atoms with Crippen molar-refractivity contribution in [2.24, 2.45) is 0 Å². The van der Waals surface area contributed by atoms with E-state index in [1.165, 1.54) is 38.7 Å². The molecule has 1 amide bonds. The predicted molar refractivity (Wildman–Crippen MR) is 182 cm³/mol. The van der Waals surface area contributed by atoms with Crippen LogP contribution in [-0.2, 0) is 22.1 Å². The number of carbonyl (C=O) groups is 2. The Morgan fingerprint density at radius 1 is 1.08 bits per heavy atom. The van der Waals surface area contributed by atoms with E-state index in [-0.39, 0.29) is 58.5 Å². The third-order valence-electron chi connectivity index (χ3n) is 8.62. The molecule has 5 rings (SSSR count). The number of carbonyl (C=O) groups excluding carboxylic acids is 1. The second-order valence-corrected chi connectivity index (χ2v) is 16.2. The number of alkyl halides is 5. The highest BCUT2D eigenvalue weighted by molar-refractivity contribution is 7.70. The molecule has 2 heterocycles. The van der Waals surface area contributed by atoms with Crippen molar-refractivity contribution in [3.8, 4) is 11.3 Å². The number of benzene rings is 2. The number of H-pyrrole nitrogens is 1. The van der Waals surface area contributed by atoms with Crippen molar-refractivity contribution in [3.63, 3.8) is 0 Å². The Morgan fingerprint density at radius 2 is 1.78 bits per heavy atom. The Hall–Kier alpha value is -4.56. The maximum atomic E-state index is 14.7. The van der Waals surface area contributed by atoms with Crippen molar-refractivity contribution < 1.29 is 45.9 Å². The molecule has 0 bridgehead atoms. The van der Waals surface area contributed by atoms with Gasteiger partial charge in [-0.25, -0.2) is 28.3 Å². The standard InChI is InChI=1S/C34H38F5N6O5P/c1-45(32(48)50-18-20-7-5-4-6-8-20)19-33(35,36)13-14-40-21-9-10-22(15-21)43-31-42-17-26(34(37,38)39)27(44-31)25-16-41-28-23(25)11-12-24(30(46)47)29(28)51(2,3)49/h4-8,11-12,16-17,21-22,40-41H,9-10,13-15,18-19H2,1-3H3,(H,46,47)(H,42,43,44)/t21-,22-/m0/s1. The predicted octanol–water partition coefficient (Wildman–Crippen LogP) is 6.81. The van der Waals surface area contributed by atoms with Crippen LogP contribution in [0.25, 0.3) is 22.2 Å². The average Bonchev–Trinajstić information content (AvgIpc) is 3.69. The van der Waals surface area contributed by atoms with Crippen LogP contribution in [0.5, 0.6) is 0 Å². The molecule has 274 valence electrons. The maximum Gasteiger partial charge on any atom is 0.419 e. The highest BCUT2D eigenvalue weighted by Crippen LogP contribution is 2.43. The van der Waals surface area contributed by atoms with Gasteiger partial charge < -0.3 is 34.9 Å². The van der Waals surface area contributed by atoms with Crippen molar-refractivity contribution in [1.82, 2.24) is 25.2 Å². The van der Waals surface area contributed by atoms with Gasteiger partial charge in [-0.05, 0) is 44.2 Å². The van der Waals surface area contributed by atoms with Gasteiger partial charge in [-0.1, -0.05) is 36.4 Å². The number of halogens is 5. The van der Waals surface area contributed by atoms with E-state index >= 15 is 0 Å². The van der Waals surface area contributed by atoms with Crippen LogP contribution in [0.4, 0.5) is 32.7 Å². The molecule has 17 heteroatoms. The van der Waals surface area contributed by atoms with Gasteiger partial charge in [0.2, 0.25) is 5.95 Å². The molecule has 1 fully saturated rings. The fourth-order valence-corrected chi connectivity index (χ4v) is 7.71. The van der Waals surface area contributed by atoms with Crippen molar-refractivity contribution in [2.45, 2.75) is 56.5 Å². The van der Waals surface area contributed by atoms with Crippen LogP contribution in [-0.4, -0.2) is 88.5 Å². The van der Waals surface area contributed by atoms with E-state index in [0.29, 0.717) is 25.5 Å². The summed E-state index contributed by atoms with van der Waals surface area (Å²) in [4.78, 5) is 35.9. The SMILES string of the molecule is CN(CC(F)(F)CCN[C@H]1CC[C@H](Nc2ncc(C(F)(F)F)c(-c3c[nH]c4c(P(C)(C)=O)c(C(=O)O)ccc34)n2)C1)C(=O)OCc1ccccc1. The number of nitrogens with zero attached hydrogens (tertiary/aromatic N) is 3. The number of carboxylic acids is 1. The largest absolute Gasteiger partial charge is 0.478 e. The van der Waals surface area contributed by atoms with Gasteiger partial charge in [0.05, 0.1) is 23.3 Å². The zero-order valence-corrected chi connectivity index (χ0v) is 29.0. The fourth-order valence-electron chi connectivity index (χ4n) is 6.24. The van der Waals surface area contributed by atoms with Gasteiger partial charge in [0.1, 0.15) is 19.3 Å². The molecule has 4 aromatic rings. The lowest BCUT2D eigenvalue weighted by molar-refractivity contribution is -0.137. The monoisotopic (exact) mass is 736 g/mol. The topological polar surface area (TPSA) is 150 Å². The number of hydrogen-bond donors (Lipinski definition) is 4. The van der Waals surface area contributed by atoms with Crippen molar-refractivity contribution in [2.75, 3.05) is 38.8 Å². The van der Waals surface area contributed by atoms with Crippen LogP contribution >= 0.6 is 7.14 Å². The molecule has 0 radical (unpaired) electrons. The number of aromatic nitrogens is 3. The highest BCUT2D eigenvalue weighted by Gasteiger charge is 2.37. The van der Waals surface area contributed by atoms with Crippen molar-refractivity contribution in [3.05, 3.63) is 71.5 Å². The van der Waals surface area contributed by atoms with E-state index in [9.17, 15) is 41.2 Å². The molecule has 2 aromatic heterocycles. The molecule has 2 atom stereocenters. The van der Waals surface area contributed by atoms with Crippen LogP contribution in [0, 0.1) is 0 Å². The Labute approximate surface area is 290 Å². The number of anilines is 1. The molecule has 4 N–H and O–H groups in total. The Balaban J connectivity index is 1.21. The van der Waals surface area contributed by atoms with Crippen LogP contribution in [0.1, 0.15) is 47.2 Å². The minimum Gasteiger partial charge on any atom is -0.478 e. The summed E-state index contributed by atoms with van der Waals surface area (Å²) in [6.45, 7) is 1.87. The number of ether oxygens (including phenoxy) is 1. The lowest BCUT2D eigenvalue weighted by atomic mass is 10.0.